The molecule has 0 radical (unpaired) electrons. The third-order valence-corrected chi connectivity index (χ3v) is 3.81. The molecule has 2 aromatic rings. The molecule has 0 fully saturated rings. The first kappa shape index (κ1) is 13.2. The molecular weight excluding hydrogens is 247 g/mol. The molecule has 0 aliphatic carbocycles. The Balaban J connectivity index is 1.82. The van der Waals surface area contributed by atoms with E-state index in [0.29, 0.717) is 5.92 Å². The molecule has 96 valence electrons. The van der Waals surface area contributed by atoms with Crippen molar-refractivity contribution in [2.75, 3.05) is 0 Å². The maximum Gasteiger partial charge on any atom is 0.123 e. The number of aromatic nitrogens is 1. The molecule has 1 N–H and O–H groups in total. The quantitative estimate of drug-likeness (QED) is 0.890. The van der Waals surface area contributed by atoms with Gasteiger partial charge in [0.05, 0.1) is 10.7 Å². The highest BCUT2D eigenvalue weighted by atomic mass is 32.1. The van der Waals surface area contributed by atoms with Crippen molar-refractivity contribution >= 4 is 11.3 Å². The first-order chi connectivity index (χ1) is 8.65. The third-order valence-electron chi connectivity index (χ3n) is 2.61. The van der Waals surface area contributed by atoms with Gasteiger partial charge in [0.25, 0.3) is 0 Å². The van der Waals surface area contributed by atoms with Crippen molar-refractivity contribution in [2.45, 2.75) is 32.9 Å². The van der Waals surface area contributed by atoms with Crippen molar-refractivity contribution in [3.8, 4) is 0 Å². The monoisotopic (exact) mass is 264 g/mol. The normalized spacial score (nSPS) is 11.1. The first-order valence-corrected chi connectivity index (χ1v) is 6.92. The summed E-state index contributed by atoms with van der Waals surface area (Å²) < 4.78 is 12.7. The molecular formula is C14H17FN2S. The van der Waals surface area contributed by atoms with E-state index >= 15 is 0 Å². The molecule has 0 unspecified atom stereocenters. The summed E-state index contributed by atoms with van der Waals surface area (Å²) in [5.74, 6) is 0.292. The van der Waals surface area contributed by atoms with Crippen LogP contribution in [0, 0.1) is 5.82 Å². The van der Waals surface area contributed by atoms with E-state index in [9.17, 15) is 4.39 Å². The van der Waals surface area contributed by atoms with Crippen molar-refractivity contribution in [3.63, 3.8) is 0 Å². The highest BCUT2D eigenvalue weighted by Gasteiger charge is 2.05. The molecule has 0 aliphatic rings. The molecule has 2 rings (SSSR count). The lowest BCUT2D eigenvalue weighted by Crippen LogP contribution is -2.13. The second-order valence-electron chi connectivity index (χ2n) is 4.56. The Morgan fingerprint density at radius 1 is 1.22 bits per heavy atom. The molecule has 0 spiro atoms. The molecule has 18 heavy (non-hydrogen) atoms. The largest absolute Gasteiger partial charge is 0.307 e. The van der Waals surface area contributed by atoms with Crippen molar-refractivity contribution in [1.82, 2.24) is 10.3 Å². The number of nitrogens with one attached hydrogen (secondary N) is 1. The van der Waals surface area contributed by atoms with Crippen molar-refractivity contribution in [3.05, 3.63) is 51.7 Å². The minimum absolute atomic E-state index is 0.195. The van der Waals surface area contributed by atoms with E-state index in [1.807, 2.05) is 0 Å². The number of hydrogen-bond acceptors (Lipinski definition) is 3. The van der Waals surface area contributed by atoms with Crippen LogP contribution >= 0.6 is 11.3 Å². The van der Waals surface area contributed by atoms with E-state index in [4.69, 9.17) is 0 Å². The van der Waals surface area contributed by atoms with E-state index in [1.54, 1.807) is 23.5 Å². The summed E-state index contributed by atoms with van der Waals surface area (Å²) in [6.07, 6.45) is 0. The topological polar surface area (TPSA) is 24.9 Å². The fourth-order valence-electron chi connectivity index (χ4n) is 1.61. The summed E-state index contributed by atoms with van der Waals surface area (Å²) in [7, 11) is 0. The summed E-state index contributed by atoms with van der Waals surface area (Å²) in [6.45, 7) is 5.78. The minimum atomic E-state index is -0.195. The van der Waals surface area contributed by atoms with Gasteiger partial charge in [0.2, 0.25) is 0 Å². The Kier molecular flexibility index (Phi) is 4.44. The molecule has 0 bridgehead atoms. The van der Waals surface area contributed by atoms with Crippen LogP contribution in [0.3, 0.4) is 0 Å². The van der Waals surface area contributed by atoms with Gasteiger partial charge in [-0.25, -0.2) is 9.37 Å². The summed E-state index contributed by atoms with van der Waals surface area (Å²) in [5.41, 5.74) is 2.15. The highest BCUT2D eigenvalue weighted by Crippen LogP contribution is 2.18. The van der Waals surface area contributed by atoms with Gasteiger partial charge in [0.1, 0.15) is 5.82 Å². The molecule has 0 atom stereocenters. The van der Waals surface area contributed by atoms with E-state index in [1.165, 1.54) is 17.1 Å². The fraction of sp³-hybridized carbons (Fsp3) is 0.357. The summed E-state index contributed by atoms with van der Waals surface area (Å²) in [5, 5.41) is 6.58. The lowest BCUT2D eigenvalue weighted by Gasteiger charge is -2.03. The maximum atomic E-state index is 12.7. The Morgan fingerprint density at radius 3 is 2.56 bits per heavy atom. The third kappa shape index (κ3) is 3.62. The van der Waals surface area contributed by atoms with Crippen LogP contribution in [0.5, 0.6) is 0 Å². The van der Waals surface area contributed by atoms with Crippen LogP contribution in [0.4, 0.5) is 4.39 Å². The zero-order valence-electron chi connectivity index (χ0n) is 10.6. The van der Waals surface area contributed by atoms with Gasteiger partial charge in [-0.2, -0.15) is 0 Å². The zero-order chi connectivity index (χ0) is 13.0. The number of thiazole rings is 1. The summed E-state index contributed by atoms with van der Waals surface area (Å²) in [6, 6.07) is 6.55. The second kappa shape index (κ2) is 6.07. The highest BCUT2D eigenvalue weighted by molar-refractivity contribution is 7.09. The van der Waals surface area contributed by atoms with E-state index < -0.39 is 0 Å². The Bertz CT molecular complexity index is 491. The van der Waals surface area contributed by atoms with Crippen LogP contribution in [0.1, 0.15) is 36.0 Å². The average Bonchev–Trinajstić information content (AvgIpc) is 2.81. The van der Waals surface area contributed by atoms with Gasteiger partial charge in [0.15, 0.2) is 0 Å². The van der Waals surface area contributed by atoms with E-state index in [-0.39, 0.29) is 5.82 Å². The molecule has 0 saturated heterocycles. The predicted molar refractivity (Wildman–Crippen MR) is 73.1 cm³/mol. The van der Waals surface area contributed by atoms with Gasteiger partial charge in [-0.15, -0.1) is 11.3 Å². The van der Waals surface area contributed by atoms with Crippen LogP contribution in [-0.2, 0) is 13.1 Å². The molecule has 0 amide bonds. The Labute approximate surface area is 111 Å². The SMILES string of the molecule is CC(C)c1nc(CNCc2ccc(F)cc2)cs1. The average molecular weight is 264 g/mol. The zero-order valence-corrected chi connectivity index (χ0v) is 11.4. The second-order valence-corrected chi connectivity index (χ2v) is 5.45. The van der Waals surface area contributed by atoms with Crippen LogP contribution in [0.2, 0.25) is 0 Å². The number of halogens is 1. The smallest absolute Gasteiger partial charge is 0.123 e. The lowest BCUT2D eigenvalue weighted by molar-refractivity contribution is 0.624. The Hall–Kier alpha value is -1.26. The molecule has 1 heterocycles. The summed E-state index contributed by atoms with van der Waals surface area (Å²) in [4.78, 5) is 4.55. The van der Waals surface area contributed by atoms with Crippen LogP contribution < -0.4 is 5.32 Å². The molecule has 1 aromatic carbocycles. The van der Waals surface area contributed by atoms with Gasteiger partial charge in [-0.3, -0.25) is 0 Å². The molecule has 0 aliphatic heterocycles. The predicted octanol–water partition coefficient (Wildman–Crippen LogP) is 3.70. The van der Waals surface area contributed by atoms with Gasteiger partial charge in [-0.05, 0) is 17.7 Å². The van der Waals surface area contributed by atoms with Gasteiger partial charge in [-0.1, -0.05) is 26.0 Å². The number of rotatable bonds is 5. The maximum absolute atomic E-state index is 12.7. The molecule has 2 nitrogen and oxygen atoms in total. The molecule has 1 aromatic heterocycles. The van der Waals surface area contributed by atoms with Gasteiger partial charge >= 0.3 is 0 Å². The van der Waals surface area contributed by atoms with Crippen molar-refractivity contribution in [1.29, 1.82) is 0 Å². The number of benzene rings is 1. The molecule has 0 saturated carbocycles. The van der Waals surface area contributed by atoms with Crippen LogP contribution in [0.15, 0.2) is 29.6 Å². The summed E-state index contributed by atoms with van der Waals surface area (Å²) >= 11 is 1.71. The minimum Gasteiger partial charge on any atom is -0.307 e. The lowest BCUT2D eigenvalue weighted by atomic mass is 10.2. The standard InChI is InChI=1S/C14H17FN2S/c1-10(2)14-17-13(9-18-14)8-16-7-11-3-5-12(15)6-4-11/h3-6,9-10,16H,7-8H2,1-2H3. The van der Waals surface area contributed by atoms with Gasteiger partial charge in [0, 0.05) is 24.4 Å². The number of hydrogen-bond donors (Lipinski definition) is 1. The van der Waals surface area contributed by atoms with Crippen LogP contribution in [0.25, 0.3) is 0 Å². The fourth-order valence-corrected chi connectivity index (χ4v) is 2.44. The first-order valence-electron chi connectivity index (χ1n) is 6.04. The van der Waals surface area contributed by atoms with E-state index in [2.05, 4.69) is 29.5 Å². The molecule has 4 heteroatoms. The number of nitrogens with zero attached hydrogens (tertiary/aromatic N) is 1. The Morgan fingerprint density at radius 2 is 1.94 bits per heavy atom. The van der Waals surface area contributed by atoms with Crippen LogP contribution in [-0.4, -0.2) is 4.98 Å². The van der Waals surface area contributed by atoms with Gasteiger partial charge < -0.3 is 5.32 Å². The van der Waals surface area contributed by atoms with E-state index in [0.717, 1.165) is 24.3 Å². The van der Waals surface area contributed by atoms with Crippen molar-refractivity contribution < 1.29 is 4.39 Å². The van der Waals surface area contributed by atoms with Crippen molar-refractivity contribution in [2.24, 2.45) is 0 Å².